The van der Waals surface area contributed by atoms with Gasteiger partial charge in [0.1, 0.15) is 0 Å². The first-order valence-electron chi connectivity index (χ1n) is 5.44. The number of rotatable bonds is 4. The van der Waals surface area contributed by atoms with Gasteiger partial charge in [0.15, 0.2) is 0 Å². The van der Waals surface area contributed by atoms with E-state index in [-0.39, 0.29) is 5.69 Å². The zero-order valence-corrected chi connectivity index (χ0v) is 10.5. The predicted molar refractivity (Wildman–Crippen MR) is 75.8 cm³/mol. The van der Waals surface area contributed by atoms with Crippen molar-refractivity contribution in [2.45, 2.75) is 0 Å². The van der Waals surface area contributed by atoms with Crippen LogP contribution in [-0.4, -0.2) is 11.1 Å². The van der Waals surface area contributed by atoms with Crippen molar-refractivity contribution in [3.05, 3.63) is 69.2 Å². The molecule has 0 heterocycles. The quantitative estimate of drug-likeness (QED) is 0.525. The van der Waals surface area contributed by atoms with Crippen LogP contribution in [0.1, 0.15) is 5.56 Å². The molecule has 0 spiro atoms. The Balaban J connectivity index is 2.01. The van der Waals surface area contributed by atoms with Crippen molar-refractivity contribution in [3.8, 4) is 0 Å². The molecular formula is C13H10ClN3O2. The van der Waals surface area contributed by atoms with E-state index >= 15 is 0 Å². The Bertz CT molecular complexity index is 612. The van der Waals surface area contributed by atoms with E-state index < -0.39 is 4.92 Å². The Morgan fingerprint density at radius 1 is 1.21 bits per heavy atom. The number of nitro groups is 1. The van der Waals surface area contributed by atoms with Crippen LogP contribution >= 0.6 is 11.6 Å². The van der Waals surface area contributed by atoms with Crippen molar-refractivity contribution >= 4 is 29.2 Å². The number of halogens is 1. The maximum absolute atomic E-state index is 10.5. The minimum absolute atomic E-state index is 0.0555. The molecule has 2 aromatic carbocycles. The van der Waals surface area contributed by atoms with E-state index in [4.69, 9.17) is 11.6 Å². The molecule has 19 heavy (non-hydrogen) atoms. The molecule has 2 rings (SSSR count). The van der Waals surface area contributed by atoms with Crippen molar-refractivity contribution in [3.63, 3.8) is 0 Å². The number of nitro benzene ring substituents is 1. The Hall–Kier alpha value is -2.40. The summed E-state index contributed by atoms with van der Waals surface area (Å²) in [5, 5.41) is 15.1. The van der Waals surface area contributed by atoms with Crippen LogP contribution in [0.5, 0.6) is 0 Å². The summed E-state index contributed by atoms with van der Waals surface area (Å²) in [6, 6.07) is 13.3. The maximum atomic E-state index is 10.5. The maximum Gasteiger partial charge on any atom is 0.269 e. The lowest BCUT2D eigenvalue weighted by molar-refractivity contribution is -0.384. The van der Waals surface area contributed by atoms with Gasteiger partial charge in [-0.05, 0) is 35.9 Å². The fraction of sp³-hybridized carbons (Fsp3) is 0. The number of anilines is 1. The zero-order chi connectivity index (χ0) is 13.7. The van der Waals surface area contributed by atoms with Crippen molar-refractivity contribution in [1.82, 2.24) is 0 Å². The van der Waals surface area contributed by atoms with Crippen molar-refractivity contribution in [2.24, 2.45) is 5.10 Å². The van der Waals surface area contributed by atoms with E-state index in [0.717, 1.165) is 11.3 Å². The lowest BCUT2D eigenvalue weighted by Crippen LogP contribution is -1.91. The highest BCUT2D eigenvalue weighted by molar-refractivity contribution is 6.30. The molecule has 0 bridgehead atoms. The predicted octanol–water partition coefficient (Wildman–Crippen LogP) is 3.69. The highest BCUT2D eigenvalue weighted by atomic mass is 35.5. The van der Waals surface area contributed by atoms with E-state index in [2.05, 4.69) is 10.5 Å². The highest BCUT2D eigenvalue weighted by Gasteiger charge is 2.02. The molecule has 0 aromatic heterocycles. The van der Waals surface area contributed by atoms with E-state index in [0.29, 0.717) is 5.02 Å². The Labute approximate surface area is 114 Å². The zero-order valence-electron chi connectivity index (χ0n) is 9.79. The van der Waals surface area contributed by atoms with Gasteiger partial charge in [0, 0.05) is 17.2 Å². The van der Waals surface area contributed by atoms with Crippen LogP contribution in [0.3, 0.4) is 0 Å². The Morgan fingerprint density at radius 2 is 1.95 bits per heavy atom. The summed E-state index contributed by atoms with van der Waals surface area (Å²) in [5.41, 5.74) is 4.41. The minimum Gasteiger partial charge on any atom is -0.278 e. The summed E-state index contributed by atoms with van der Waals surface area (Å²) in [6.07, 6.45) is 1.57. The second kappa shape index (κ2) is 5.97. The van der Waals surface area contributed by atoms with Gasteiger partial charge in [-0.3, -0.25) is 15.5 Å². The van der Waals surface area contributed by atoms with Crippen LogP contribution in [0.15, 0.2) is 53.6 Å². The highest BCUT2D eigenvalue weighted by Crippen LogP contribution is 2.15. The second-order valence-electron chi connectivity index (χ2n) is 3.73. The number of non-ortho nitro benzene ring substituents is 1. The molecule has 1 N–H and O–H groups in total. The molecule has 5 nitrogen and oxygen atoms in total. The second-order valence-corrected chi connectivity index (χ2v) is 4.17. The fourth-order valence-corrected chi connectivity index (χ4v) is 1.61. The molecular weight excluding hydrogens is 266 g/mol. The van der Waals surface area contributed by atoms with E-state index in [1.165, 1.54) is 12.1 Å². The van der Waals surface area contributed by atoms with Gasteiger partial charge in [-0.1, -0.05) is 17.7 Å². The van der Waals surface area contributed by atoms with E-state index in [1.807, 2.05) is 12.1 Å². The van der Waals surface area contributed by atoms with E-state index in [1.54, 1.807) is 30.5 Å². The molecule has 0 aliphatic carbocycles. The van der Waals surface area contributed by atoms with Crippen LogP contribution in [0, 0.1) is 10.1 Å². The average Bonchev–Trinajstić information content (AvgIpc) is 2.39. The van der Waals surface area contributed by atoms with Gasteiger partial charge in [-0.2, -0.15) is 5.10 Å². The van der Waals surface area contributed by atoms with Gasteiger partial charge in [-0.25, -0.2) is 0 Å². The van der Waals surface area contributed by atoms with Crippen LogP contribution < -0.4 is 5.43 Å². The largest absolute Gasteiger partial charge is 0.278 e. The molecule has 96 valence electrons. The third kappa shape index (κ3) is 3.79. The number of nitrogens with zero attached hydrogens (tertiary/aromatic N) is 2. The molecule has 6 heteroatoms. The van der Waals surface area contributed by atoms with Gasteiger partial charge in [0.05, 0.1) is 16.8 Å². The molecule has 0 aliphatic heterocycles. The van der Waals surface area contributed by atoms with Crippen LogP contribution in [0.4, 0.5) is 11.4 Å². The third-order valence-corrected chi connectivity index (χ3v) is 2.57. The molecule has 0 amide bonds. The molecule has 0 saturated carbocycles. The lowest BCUT2D eigenvalue weighted by atomic mass is 10.2. The standard InChI is InChI=1S/C13H10ClN3O2/c14-11-2-1-3-12(8-11)16-15-9-10-4-6-13(7-5-10)17(18)19/h1-9,16H. The van der Waals surface area contributed by atoms with Crippen molar-refractivity contribution in [1.29, 1.82) is 0 Å². The van der Waals surface area contributed by atoms with Crippen molar-refractivity contribution < 1.29 is 4.92 Å². The molecule has 0 aliphatic rings. The first-order chi connectivity index (χ1) is 9.15. The van der Waals surface area contributed by atoms with Crippen LogP contribution in [0.2, 0.25) is 5.02 Å². The summed E-state index contributed by atoms with van der Waals surface area (Å²) in [7, 11) is 0. The summed E-state index contributed by atoms with van der Waals surface area (Å²) >= 11 is 5.83. The molecule has 0 atom stereocenters. The SMILES string of the molecule is O=[N+]([O-])c1ccc(C=NNc2cccc(Cl)c2)cc1. The lowest BCUT2D eigenvalue weighted by Gasteiger charge is -1.99. The summed E-state index contributed by atoms with van der Waals surface area (Å²) < 4.78 is 0. The molecule has 0 unspecified atom stereocenters. The Kier molecular flexibility index (Phi) is 4.10. The molecule has 2 aromatic rings. The third-order valence-electron chi connectivity index (χ3n) is 2.34. The van der Waals surface area contributed by atoms with Crippen molar-refractivity contribution in [2.75, 3.05) is 5.43 Å². The summed E-state index contributed by atoms with van der Waals surface area (Å²) in [6.45, 7) is 0. The number of hydrazone groups is 1. The minimum atomic E-state index is -0.439. The van der Waals surface area contributed by atoms with Crippen LogP contribution in [-0.2, 0) is 0 Å². The van der Waals surface area contributed by atoms with Gasteiger partial charge in [0.2, 0.25) is 0 Å². The number of hydrogen-bond donors (Lipinski definition) is 1. The average molecular weight is 276 g/mol. The summed E-state index contributed by atoms with van der Waals surface area (Å²) in [5.74, 6) is 0. The molecule has 0 fully saturated rings. The van der Waals surface area contributed by atoms with Gasteiger partial charge >= 0.3 is 0 Å². The van der Waals surface area contributed by atoms with E-state index in [9.17, 15) is 10.1 Å². The number of benzene rings is 2. The van der Waals surface area contributed by atoms with Gasteiger partial charge in [-0.15, -0.1) is 0 Å². The summed E-state index contributed by atoms with van der Waals surface area (Å²) in [4.78, 5) is 10.1. The smallest absolute Gasteiger partial charge is 0.269 e. The normalized spacial score (nSPS) is 10.6. The number of nitrogens with one attached hydrogen (secondary N) is 1. The molecule has 0 radical (unpaired) electrons. The fourth-order valence-electron chi connectivity index (χ4n) is 1.42. The van der Waals surface area contributed by atoms with Crippen LogP contribution in [0.25, 0.3) is 0 Å². The molecule has 0 saturated heterocycles. The van der Waals surface area contributed by atoms with Gasteiger partial charge in [0.25, 0.3) is 5.69 Å². The first-order valence-corrected chi connectivity index (χ1v) is 5.82. The number of hydrogen-bond acceptors (Lipinski definition) is 4. The Morgan fingerprint density at radius 3 is 2.58 bits per heavy atom. The topological polar surface area (TPSA) is 67.5 Å². The first kappa shape index (κ1) is 13.0. The monoisotopic (exact) mass is 275 g/mol. The van der Waals surface area contributed by atoms with Gasteiger partial charge < -0.3 is 0 Å².